The predicted molar refractivity (Wildman–Crippen MR) is 148 cm³/mol. The van der Waals surface area contributed by atoms with E-state index in [0.717, 1.165) is 6.54 Å². The number of halogens is 4. The Hall–Kier alpha value is -2.45. The van der Waals surface area contributed by atoms with Crippen LogP contribution >= 0.6 is 7.92 Å². The number of hydrogen-bond donors (Lipinski definition) is 0. The van der Waals surface area contributed by atoms with E-state index in [4.69, 9.17) is 10.5 Å². The molecule has 1 fully saturated rings. The second kappa shape index (κ2) is 21.6. The molecule has 10 heteroatoms. The first-order chi connectivity index (χ1) is 17.4. The molecule has 1 aliphatic carbocycles. The van der Waals surface area contributed by atoms with Crippen molar-refractivity contribution in [2.24, 2.45) is 4.99 Å². The summed E-state index contributed by atoms with van der Waals surface area (Å²) in [5.41, 5.74) is 5.75. The second-order valence-electron chi connectivity index (χ2n) is 7.55. The minimum Gasteiger partial charge on any atom is -0.577 e. The van der Waals surface area contributed by atoms with Gasteiger partial charge in [0.15, 0.2) is 0 Å². The molecular formula is C27H30BF4N2OPRe-2. The topological polar surface area (TPSA) is 51.7 Å². The molecule has 0 unspecified atom stereocenters. The van der Waals surface area contributed by atoms with E-state index in [-0.39, 0.29) is 20.4 Å². The summed E-state index contributed by atoms with van der Waals surface area (Å²) in [7, 11) is -6.45. The summed E-state index contributed by atoms with van der Waals surface area (Å²) in [6.07, 6.45) is 13.3. The number of nitroso groups, excluding NO2 is 1. The van der Waals surface area contributed by atoms with Crippen LogP contribution in [0, 0.1) is 4.91 Å². The molecule has 2 aliphatic rings. The third-order valence-electron chi connectivity index (χ3n) is 4.83. The van der Waals surface area contributed by atoms with Gasteiger partial charge in [0.25, 0.3) is 0 Å². The maximum Gasteiger partial charge on any atom is 0.673 e. The Morgan fingerprint density at radius 3 is 1.11 bits per heavy atom. The fourth-order valence-corrected chi connectivity index (χ4v) is 5.67. The third kappa shape index (κ3) is 17.6. The average molecular weight is 703 g/mol. The molecule has 3 aromatic carbocycles. The standard InChI is InChI=1S/C18H15P.C5H10.C4H5N.BF4.NO.Re/c1-4-10-16(11-5-1)19(17-12-6-2-7-13-17)18-14-8-3-9-15-18;2*1-2-4-5-3-1;2-1(3,4)5;1-2;/h1-15H;1-5H2;1-3H,4H2;;;/q;;;2*-1;. The van der Waals surface area contributed by atoms with Crippen LogP contribution in [0.5, 0.6) is 0 Å². The summed E-state index contributed by atoms with van der Waals surface area (Å²) in [6, 6.07) is 32.3. The zero-order valence-electron chi connectivity index (χ0n) is 20.4. The van der Waals surface area contributed by atoms with Gasteiger partial charge in [-0.15, -0.1) is 0 Å². The number of benzene rings is 3. The molecule has 0 amide bonds. The molecule has 0 N–H and O–H groups in total. The summed E-state index contributed by atoms with van der Waals surface area (Å²) in [4.78, 5) is 11.1. The first kappa shape index (κ1) is 34.5. The molecule has 37 heavy (non-hydrogen) atoms. The van der Waals surface area contributed by atoms with Crippen molar-refractivity contribution in [2.75, 3.05) is 6.54 Å². The molecular weight excluding hydrogens is 672 g/mol. The van der Waals surface area contributed by atoms with Crippen LogP contribution in [-0.2, 0) is 20.4 Å². The SMILES string of the molecule is C1=CCN=C1.C1CCCC1.F[B-](F)(F)F.[N-]=O.[Re].c1ccc(P(c2ccccc2)c2ccccc2)cc1. The van der Waals surface area contributed by atoms with Gasteiger partial charge in [0.05, 0.1) is 6.54 Å². The normalized spacial score (nSPS) is 12.8. The van der Waals surface area contributed by atoms with Gasteiger partial charge in [0, 0.05) is 26.6 Å². The van der Waals surface area contributed by atoms with E-state index in [1.165, 1.54) is 48.0 Å². The fourth-order valence-electron chi connectivity index (χ4n) is 3.37. The molecule has 0 atom stereocenters. The van der Waals surface area contributed by atoms with Gasteiger partial charge in [-0.05, 0) is 29.9 Å². The Bertz CT molecular complexity index is 876. The van der Waals surface area contributed by atoms with Crippen LogP contribution in [0.15, 0.2) is 108 Å². The maximum atomic E-state index is 9.75. The van der Waals surface area contributed by atoms with Gasteiger partial charge in [0.1, 0.15) is 0 Å². The molecule has 1 heterocycles. The first-order valence-electron chi connectivity index (χ1n) is 11.6. The molecule has 1 aliphatic heterocycles. The van der Waals surface area contributed by atoms with E-state index in [0.29, 0.717) is 0 Å². The summed E-state index contributed by atoms with van der Waals surface area (Å²) in [5, 5.41) is 4.19. The van der Waals surface area contributed by atoms with E-state index in [2.05, 4.69) is 96.0 Å². The van der Waals surface area contributed by atoms with Crippen LogP contribution in [0.4, 0.5) is 17.3 Å². The van der Waals surface area contributed by atoms with Gasteiger partial charge in [0.2, 0.25) is 0 Å². The zero-order chi connectivity index (χ0) is 26.5. The molecule has 3 nitrogen and oxygen atoms in total. The Labute approximate surface area is 231 Å². The van der Waals surface area contributed by atoms with E-state index in [1.54, 1.807) is 6.21 Å². The van der Waals surface area contributed by atoms with Gasteiger partial charge >= 0.3 is 7.25 Å². The van der Waals surface area contributed by atoms with Crippen LogP contribution in [0.2, 0.25) is 0 Å². The first-order valence-corrected chi connectivity index (χ1v) is 12.9. The monoisotopic (exact) mass is 703 g/mol. The molecule has 3 aromatic rings. The quantitative estimate of drug-likeness (QED) is 0.157. The van der Waals surface area contributed by atoms with E-state index in [9.17, 15) is 17.3 Å². The second-order valence-corrected chi connectivity index (χ2v) is 9.77. The molecule has 199 valence electrons. The number of hydrogen-bond acceptors (Lipinski definition) is 2. The van der Waals surface area contributed by atoms with Crippen molar-refractivity contribution in [1.29, 1.82) is 0 Å². The summed E-state index contributed by atoms with van der Waals surface area (Å²) in [6.45, 7) is 0.889. The number of nitrogens with zero attached hydrogens (tertiary/aromatic N) is 2. The number of allylic oxidation sites excluding steroid dienone is 1. The van der Waals surface area contributed by atoms with Crippen molar-refractivity contribution in [3.63, 3.8) is 0 Å². The Morgan fingerprint density at radius 2 is 0.919 bits per heavy atom. The van der Waals surface area contributed by atoms with Crippen molar-refractivity contribution in [3.05, 3.63) is 114 Å². The van der Waals surface area contributed by atoms with Gasteiger partial charge < -0.3 is 27.8 Å². The van der Waals surface area contributed by atoms with Gasteiger partial charge in [-0.3, -0.25) is 4.99 Å². The van der Waals surface area contributed by atoms with Crippen LogP contribution < -0.4 is 15.9 Å². The van der Waals surface area contributed by atoms with Crippen molar-refractivity contribution in [3.8, 4) is 0 Å². The van der Waals surface area contributed by atoms with E-state index < -0.39 is 15.2 Å². The van der Waals surface area contributed by atoms with Gasteiger partial charge in [-0.25, -0.2) is 0 Å². The largest absolute Gasteiger partial charge is 0.673 e. The van der Waals surface area contributed by atoms with Crippen molar-refractivity contribution < 1.29 is 37.7 Å². The van der Waals surface area contributed by atoms with Gasteiger partial charge in [-0.2, -0.15) is 0 Å². The van der Waals surface area contributed by atoms with Crippen molar-refractivity contribution in [1.82, 2.24) is 0 Å². The third-order valence-corrected chi connectivity index (χ3v) is 7.28. The smallest absolute Gasteiger partial charge is 0.577 e. The van der Waals surface area contributed by atoms with Crippen molar-refractivity contribution >= 4 is 37.3 Å². The van der Waals surface area contributed by atoms with Crippen LogP contribution in [0.3, 0.4) is 0 Å². The summed E-state index contributed by atoms with van der Waals surface area (Å²) >= 11 is 0. The molecule has 0 aromatic heterocycles. The fraction of sp³-hybridized carbons (Fsp3) is 0.222. The Morgan fingerprint density at radius 1 is 0.622 bits per heavy atom. The van der Waals surface area contributed by atoms with Crippen LogP contribution in [0.25, 0.3) is 5.59 Å². The van der Waals surface area contributed by atoms with Gasteiger partial charge in [-0.1, -0.05) is 129 Å². The van der Waals surface area contributed by atoms with Crippen LogP contribution in [0.1, 0.15) is 32.1 Å². The van der Waals surface area contributed by atoms with Crippen molar-refractivity contribution in [2.45, 2.75) is 32.1 Å². The Kier molecular flexibility index (Phi) is 20.2. The van der Waals surface area contributed by atoms with E-state index in [1.807, 2.05) is 12.2 Å². The maximum absolute atomic E-state index is 9.75. The number of aliphatic imine (C=N–C) groups is 1. The molecule has 0 saturated heterocycles. The Balaban J connectivity index is 0.000000588. The predicted octanol–water partition coefficient (Wildman–Crippen LogP) is 7.64. The minimum atomic E-state index is -6.00. The molecule has 0 bridgehead atoms. The summed E-state index contributed by atoms with van der Waals surface area (Å²) < 4.78 is 39.0. The molecule has 1 saturated carbocycles. The van der Waals surface area contributed by atoms with Crippen LogP contribution in [-0.4, -0.2) is 20.0 Å². The summed E-state index contributed by atoms with van der Waals surface area (Å²) in [5.74, 6) is 0. The molecule has 1 radical (unpaired) electrons. The zero-order valence-corrected chi connectivity index (χ0v) is 24.0. The van der Waals surface area contributed by atoms with E-state index >= 15 is 0 Å². The average Bonchev–Trinajstić information content (AvgIpc) is 3.66. The number of rotatable bonds is 3. The minimum absolute atomic E-state index is 0. The molecule has 0 spiro atoms. The molecule has 5 rings (SSSR count).